The van der Waals surface area contributed by atoms with Crippen LogP contribution in [0, 0.1) is 5.41 Å². The van der Waals surface area contributed by atoms with Crippen LogP contribution in [0.25, 0.3) is 0 Å². The maximum atomic E-state index is 12.4. The molecule has 0 saturated carbocycles. The molecule has 0 N–H and O–H groups in total. The highest BCUT2D eigenvalue weighted by Gasteiger charge is 2.51. The van der Waals surface area contributed by atoms with E-state index in [9.17, 15) is 8.42 Å². The van der Waals surface area contributed by atoms with Crippen LogP contribution >= 0.6 is 0 Å². The summed E-state index contributed by atoms with van der Waals surface area (Å²) in [5.74, 6) is 1.06. The molecule has 26 heavy (non-hydrogen) atoms. The lowest BCUT2D eigenvalue weighted by atomic mass is 9.72. The van der Waals surface area contributed by atoms with E-state index in [-0.39, 0.29) is 5.75 Å². The predicted molar refractivity (Wildman–Crippen MR) is 103 cm³/mol. The largest absolute Gasteiger partial charge is 0.497 e. The van der Waals surface area contributed by atoms with Crippen molar-refractivity contribution in [2.24, 2.45) is 5.41 Å². The SMILES string of the molecule is COc1ccc(N2CC3(CN(CCS(=O)(=O)c4ccccc4)C3)C2)cc1. The Hall–Kier alpha value is -2.05. The molecule has 2 aromatic carbocycles. The summed E-state index contributed by atoms with van der Waals surface area (Å²) in [6, 6.07) is 16.9. The predicted octanol–water partition coefficient (Wildman–Crippen LogP) is 2.29. The molecule has 138 valence electrons. The zero-order valence-corrected chi connectivity index (χ0v) is 15.8. The Kier molecular flexibility index (Phi) is 4.40. The number of hydrogen-bond donors (Lipinski definition) is 0. The van der Waals surface area contributed by atoms with E-state index in [1.165, 1.54) is 5.69 Å². The van der Waals surface area contributed by atoms with E-state index < -0.39 is 9.84 Å². The first-order valence-electron chi connectivity index (χ1n) is 8.89. The molecule has 2 aliphatic heterocycles. The lowest BCUT2D eigenvalue weighted by molar-refractivity contribution is -0.0172. The first kappa shape index (κ1) is 17.4. The lowest BCUT2D eigenvalue weighted by Crippen LogP contribution is -2.72. The van der Waals surface area contributed by atoms with Crippen molar-refractivity contribution in [2.45, 2.75) is 4.90 Å². The molecule has 1 spiro atoms. The summed E-state index contributed by atoms with van der Waals surface area (Å²) in [4.78, 5) is 5.05. The van der Waals surface area contributed by atoms with Crippen LogP contribution in [-0.4, -0.2) is 58.9 Å². The molecule has 0 atom stereocenters. The molecule has 0 aliphatic carbocycles. The fraction of sp³-hybridized carbons (Fsp3) is 0.400. The highest BCUT2D eigenvalue weighted by atomic mass is 32.2. The third-order valence-corrected chi connectivity index (χ3v) is 7.10. The van der Waals surface area contributed by atoms with E-state index in [1.54, 1.807) is 31.4 Å². The third-order valence-electron chi connectivity index (χ3n) is 5.39. The number of rotatable bonds is 6. The fourth-order valence-corrected chi connectivity index (χ4v) is 5.30. The van der Waals surface area contributed by atoms with Crippen molar-refractivity contribution in [1.29, 1.82) is 0 Å². The number of anilines is 1. The Bertz CT molecular complexity index is 852. The van der Waals surface area contributed by atoms with Crippen LogP contribution in [0.5, 0.6) is 5.75 Å². The summed E-state index contributed by atoms with van der Waals surface area (Å²) in [7, 11) is -1.51. The summed E-state index contributed by atoms with van der Waals surface area (Å²) in [5, 5.41) is 0. The van der Waals surface area contributed by atoms with E-state index in [2.05, 4.69) is 21.9 Å². The highest BCUT2D eigenvalue weighted by molar-refractivity contribution is 7.91. The Morgan fingerprint density at radius 3 is 2.23 bits per heavy atom. The topological polar surface area (TPSA) is 49.9 Å². The van der Waals surface area contributed by atoms with Crippen molar-refractivity contribution in [2.75, 3.05) is 50.5 Å². The number of hydrogen-bond acceptors (Lipinski definition) is 5. The Labute approximate surface area is 155 Å². The highest BCUT2D eigenvalue weighted by Crippen LogP contribution is 2.42. The first-order chi connectivity index (χ1) is 12.5. The maximum absolute atomic E-state index is 12.4. The normalized spacial score (nSPS) is 19.0. The van der Waals surface area contributed by atoms with Gasteiger partial charge in [-0.15, -0.1) is 0 Å². The molecule has 2 heterocycles. The average Bonchev–Trinajstić information content (AvgIpc) is 2.60. The molecular weight excluding hydrogens is 348 g/mol. The molecule has 2 aromatic rings. The zero-order chi connectivity index (χ0) is 18.2. The third kappa shape index (κ3) is 3.31. The number of likely N-dealkylation sites (tertiary alicyclic amines) is 1. The number of sulfone groups is 1. The van der Waals surface area contributed by atoms with Gasteiger partial charge in [-0.2, -0.15) is 0 Å². The molecule has 6 heteroatoms. The quantitative estimate of drug-likeness (QED) is 0.779. The first-order valence-corrected chi connectivity index (χ1v) is 10.5. The van der Waals surface area contributed by atoms with Gasteiger partial charge in [0.05, 0.1) is 17.8 Å². The minimum absolute atomic E-state index is 0.190. The van der Waals surface area contributed by atoms with Crippen molar-refractivity contribution >= 4 is 15.5 Å². The van der Waals surface area contributed by atoms with Gasteiger partial charge in [-0.1, -0.05) is 18.2 Å². The Morgan fingerprint density at radius 2 is 1.62 bits per heavy atom. The van der Waals surface area contributed by atoms with E-state index in [4.69, 9.17) is 4.74 Å². The van der Waals surface area contributed by atoms with Gasteiger partial charge in [-0.05, 0) is 36.4 Å². The van der Waals surface area contributed by atoms with Crippen molar-refractivity contribution in [1.82, 2.24) is 4.90 Å². The van der Waals surface area contributed by atoms with Gasteiger partial charge in [-0.3, -0.25) is 0 Å². The summed E-state index contributed by atoms with van der Waals surface area (Å²) >= 11 is 0. The van der Waals surface area contributed by atoms with Gasteiger partial charge in [0.15, 0.2) is 9.84 Å². The van der Waals surface area contributed by atoms with Crippen LogP contribution in [0.4, 0.5) is 5.69 Å². The monoisotopic (exact) mass is 372 g/mol. The molecule has 2 aliphatic rings. The summed E-state index contributed by atoms with van der Waals surface area (Å²) < 4.78 is 29.9. The fourth-order valence-electron chi connectivity index (χ4n) is 3.99. The zero-order valence-electron chi connectivity index (χ0n) is 15.0. The standard InChI is InChI=1S/C20H24N2O3S/c1-25-18-9-7-17(8-10-18)22-15-20(16-22)13-21(14-20)11-12-26(23,24)19-5-3-2-4-6-19/h2-10H,11-16H2,1H3. The summed E-state index contributed by atoms with van der Waals surface area (Å²) in [6.45, 7) is 4.68. The van der Waals surface area contributed by atoms with Crippen molar-refractivity contribution in [3.8, 4) is 5.75 Å². The van der Waals surface area contributed by atoms with E-state index >= 15 is 0 Å². The number of benzene rings is 2. The second-order valence-corrected chi connectivity index (χ2v) is 9.51. The van der Waals surface area contributed by atoms with Crippen LogP contribution in [0.15, 0.2) is 59.5 Å². The molecule has 5 nitrogen and oxygen atoms in total. The van der Waals surface area contributed by atoms with Crippen LogP contribution in [0.2, 0.25) is 0 Å². The number of ether oxygens (including phenoxy) is 1. The minimum Gasteiger partial charge on any atom is -0.497 e. The van der Waals surface area contributed by atoms with Crippen molar-refractivity contribution in [3.63, 3.8) is 0 Å². The van der Waals surface area contributed by atoms with E-state index in [0.717, 1.165) is 31.9 Å². The lowest BCUT2D eigenvalue weighted by Gasteiger charge is -2.61. The Morgan fingerprint density at radius 1 is 0.962 bits per heavy atom. The molecule has 0 unspecified atom stereocenters. The smallest absolute Gasteiger partial charge is 0.179 e. The molecule has 2 saturated heterocycles. The van der Waals surface area contributed by atoms with E-state index in [1.807, 2.05) is 18.2 Å². The number of methoxy groups -OCH3 is 1. The van der Waals surface area contributed by atoms with Crippen LogP contribution in [0.3, 0.4) is 0 Å². The Balaban J connectivity index is 1.25. The second-order valence-electron chi connectivity index (χ2n) is 7.40. The molecular formula is C20H24N2O3S. The second kappa shape index (κ2) is 6.59. The van der Waals surface area contributed by atoms with Gasteiger partial charge >= 0.3 is 0 Å². The van der Waals surface area contributed by atoms with E-state index in [0.29, 0.717) is 16.9 Å². The van der Waals surface area contributed by atoms with Gasteiger partial charge in [0, 0.05) is 43.8 Å². The molecule has 4 rings (SSSR count). The molecule has 0 radical (unpaired) electrons. The van der Waals surface area contributed by atoms with Gasteiger partial charge in [-0.25, -0.2) is 8.42 Å². The average molecular weight is 372 g/mol. The van der Waals surface area contributed by atoms with Crippen molar-refractivity contribution in [3.05, 3.63) is 54.6 Å². The van der Waals surface area contributed by atoms with Crippen LogP contribution < -0.4 is 9.64 Å². The molecule has 0 bridgehead atoms. The van der Waals surface area contributed by atoms with Gasteiger partial charge < -0.3 is 14.5 Å². The van der Waals surface area contributed by atoms with Crippen LogP contribution in [-0.2, 0) is 9.84 Å². The van der Waals surface area contributed by atoms with Gasteiger partial charge in [0.2, 0.25) is 0 Å². The molecule has 2 fully saturated rings. The molecule has 0 aromatic heterocycles. The van der Waals surface area contributed by atoms with Crippen LogP contribution in [0.1, 0.15) is 0 Å². The van der Waals surface area contributed by atoms with Gasteiger partial charge in [0.25, 0.3) is 0 Å². The number of nitrogens with zero attached hydrogens (tertiary/aromatic N) is 2. The van der Waals surface area contributed by atoms with Crippen molar-refractivity contribution < 1.29 is 13.2 Å². The maximum Gasteiger partial charge on any atom is 0.179 e. The summed E-state index contributed by atoms with van der Waals surface area (Å²) in [5.41, 5.74) is 1.57. The van der Waals surface area contributed by atoms with Gasteiger partial charge in [0.1, 0.15) is 5.75 Å². The molecule has 0 amide bonds. The summed E-state index contributed by atoms with van der Waals surface area (Å²) in [6.07, 6.45) is 0. The minimum atomic E-state index is -3.18.